The zero-order chi connectivity index (χ0) is 34.3. The summed E-state index contributed by atoms with van der Waals surface area (Å²) in [6, 6.07) is 17.4. The van der Waals surface area contributed by atoms with Crippen LogP contribution in [0, 0.1) is 0 Å². The Morgan fingerprint density at radius 1 is 0.875 bits per heavy atom. The van der Waals surface area contributed by atoms with Crippen LogP contribution < -0.4 is 4.90 Å². The van der Waals surface area contributed by atoms with Crippen molar-refractivity contribution >= 4 is 40.9 Å². The first-order valence-electron chi connectivity index (χ1n) is 17.8. The van der Waals surface area contributed by atoms with Crippen LogP contribution in [0.15, 0.2) is 94.7 Å². The van der Waals surface area contributed by atoms with Crippen molar-refractivity contribution in [2.75, 3.05) is 18.0 Å². The summed E-state index contributed by atoms with van der Waals surface area (Å²) in [7, 11) is 0. The van der Waals surface area contributed by atoms with Gasteiger partial charge < -0.3 is 14.8 Å². The van der Waals surface area contributed by atoms with Crippen LogP contribution in [0.25, 0.3) is 0 Å². The lowest BCUT2D eigenvalue weighted by molar-refractivity contribution is -0.438. The fourth-order valence-corrected chi connectivity index (χ4v) is 8.04. The van der Waals surface area contributed by atoms with Crippen molar-refractivity contribution in [2.45, 2.75) is 109 Å². The molecule has 0 atom stereocenters. The van der Waals surface area contributed by atoms with Gasteiger partial charge in [-0.1, -0.05) is 80.4 Å². The van der Waals surface area contributed by atoms with E-state index in [1.54, 1.807) is 0 Å². The second kappa shape index (κ2) is 15.7. The van der Waals surface area contributed by atoms with E-state index in [0.717, 1.165) is 75.8 Å². The van der Waals surface area contributed by atoms with Crippen LogP contribution >= 0.6 is 11.6 Å². The average Bonchev–Trinajstić information content (AvgIpc) is 3.41. The number of unbranched alkanes of at least 4 members (excludes halogenated alkanes) is 5. The average molecular weight is 668 g/mol. The van der Waals surface area contributed by atoms with Gasteiger partial charge in [-0.25, -0.2) is 0 Å². The number of para-hydroxylation sites is 2. The first-order chi connectivity index (χ1) is 23.1. The molecule has 2 heterocycles. The maximum Gasteiger partial charge on any atom is 0.303 e. The summed E-state index contributed by atoms with van der Waals surface area (Å²) < 4.78 is 2.43. The Labute approximate surface area is 292 Å². The molecule has 0 amide bonds. The van der Waals surface area contributed by atoms with Gasteiger partial charge in [0.2, 0.25) is 5.69 Å². The number of aldehydes is 1. The van der Waals surface area contributed by atoms with E-state index in [9.17, 15) is 9.59 Å². The van der Waals surface area contributed by atoms with Crippen molar-refractivity contribution in [1.82, 2.24) is 0 Å². The zero-order valence-electron chi connectivity index (χ0n) is 29.2. The third-order valence-corrected chi connectivity index (χ3v) is 10.9. The number of aliphatic carboxylic acids is 1. The van der Waals surface area contributed by atoms with Crippen LogP contribution in [-0.2, 0) is 20.4 Å². The highest BCUT2D eigenvalue weighted by Crippen LogP contribution is 2.48. The smallest absolute Gasteiger partial charge is 0.303 e. The molecule has 5 rings (SSSR count). The van der Waals surface area contributed by atoms with Crippen LogP contribution in [0.5, 0.6) is 0 Å². The molecular weight excluding hydrogens is 616 g/mol. The highest BCUT2D eigenvalue weighted by molar-refractivity contribution is 6.32. The topological polar surface area (TPSA) is 60.6 Å². The highest BCUT2D eigenvalue weighted by atomic mass is 35.5. The van der Waals surface area contributed by atoms with Gasteiger partial charge in [-0.3, -0.25) is 4.79 Å². The molecule has 3 aliphatic rings. The highest BCUT2D eigenvalue weighted by Gasteiger charge is 2.44. The predicted octanol–water partition coefficient (Wildman–Crippen LogP) is 10.3. The normalized spacial score (nSPS) is 19.9. The summed E-state index contributed by atoms with van der Waals surface area (Å²) in [4.78, 5) is 24.3. The van der Waals surface area contributed by atoms with Crippen molar-refractivity contribution in [3.05, 3.63) is 106 Å². The molecule has 0 aromatic heterocycles. The Balaban J connectivity index is 1.42. The minimum absolute atomic E-state index is 0.124. The van der Waals surface area contributed by atoms with Crippen molar-refractivity contribution in [2.24, 2.45) is 0 Å². The molecule has 1 aliphatic carbocycles. The summed E-state index contributed by atoms with van der Waals surface area (Å²) in [5.74, 6) is -0.725. The lowest BCUT2D eigenvalue weighted by Gasteiger charge is -2.27. The fourth-order valence-electron chi connectivity index (χ4n) is 7.73. The van der Waals surface area contributed by atoms with Gasteiger partial charge in [0.05, 0.1) is 5.41 Å². The zero-order valence-corrected chi connectivity index (χ0v) is 30.0. The van der Waals surface area contributed by atoms with Crippen LogP contribution in [0.4, 0.5) is 11.4 Å². The van der Waals surface area contributed by atoms with Gasteiger partial charge in [0, 0.05) is 65.3 Å². The Morgan fingerprint density at radius 3 is 2.38 bits per heavy atom. The third-order valence-electron chi connectivity index (χ3n) is 10.4. The van der Waals surface area contributed by atoms with Crippen LogP contribution in [0.3, 0.4) is 0 Å². The number of hydrogen-bond acceptors (Lipinski definition) is 3. The Morgan fingerprint density at radius 2 is 1.60 bits per heavy atom. The Hall–Kier alpha value is -3.70. The minimum atomic E-state index is -0.725. The second-order valence-corrected chi connectivity index (χ2v) is 14.8. The number of carbonyl (C=O) groups excluding carboxylic acids is 1. The van der Waals surface area contributed by atoms with E-state index in [0.29, 0.717) is 12.8 Å². The number of hydrogen-bond donors (Lipinski definition) is 1. The monoisotopic (exact) mass is 667 g/mol. The number of benzene rings is 2. The molecule has 6 heteroatoms. The molecule has 0 unspecified atom stereocenters. The molecule has 0 fully saturated rings. The molecule has 0 bridgehead atoms. The van der Waals surface area contributed by atoms with Crippen LogP contribution in [0.1, 0.15) is 109 Å². The number of carbonyl (C=O) groups is 2. The van der Waals surface area contributed by atoms with Crippen molar-refractivity contribution in [3.63, 3.8) is 0 Å². The van der Waals surface area contributed by atoms with Gasteiger partial charge in [0.25, 0.3) is 0 Å². The summed E-state index contributed by atoms with van der Waals surface area (Å²) in [5.41, 5.74) is 9.81. The Kier molecular flexibility index (Phi) is 11.6. The number of anilines is 1. The molecule has 5 nitrogen and oxygen atoms in total. The summed E-state index contributed by atoms with van der Waals surface area (Å²) in [6.07, 6.45) is 19.5. The first kappa shape index (κ1) is 35.6. The molecular formula is C42H52ClN2O3+. The number of carboxylic acid groups (broad SMARTS) is 1. The van der Waals surface area contributed by atoms with Gasteiger partial charge in [0.15, 0.2) is 5.71 Å². The number of fused-ring (bicyclic) bond motifs is 2. The van der Waals surface area contributed by atoms with Gasteiger partial charge in [-0.05, 0) is 87.6 Å². The molecule has 0 spiro atoms. The summed E-state index contributed by atoms with van der Waals surface area (Å²) in [6.45, 7) is 11.0. The van der Waals surface area contributed by atoms with Crippen molar-refractivity contribution in [3.8, 4) is 0 Å². The van der Waals surface area contributed by atoms with Gasteiger partial charge >= 0.3 is 5.97 Å². The molecule has 254 valence electrons. The van der Waals surface area contributed by atoms with Gasteiger partial charge in [-0.2, -0.15) is 4.58 Å². The van der Waals surface area contributed by atoms with Crippen molar-refractivity contribution in [1.29, 1.82) is 0 Å². The van der Waals surface area contributed by atoms with E-state index in [2.05, 4.69) is 110 Å². The van der Waals surface area contributed by atoms with E-state index in [1.807, 2.05) is 0 Å². The standard InChI is InChI=1S/C42H51ClN2O3/c1-41(2)33-19-9-11-21-35(33)44(28-13-5-6-15-30-46)37(41)26-24-31-17-16-18-32(40(31)43)25-27-38-42(3,4)34-20-10-12-22-36(34)45(38)29-14-7-8-23-39(47)48/h9-12,19-22,24-27,30H,5-8,13-18,23,28-29H2,1-4H3/p+1. The number of rotatable bonds is 15. The molecule has 48 heavy (non-hydrogen) atoms. The third kappa shape index (κ3) is 7.62. The summed E-state index contributed by atoms with van der Waals surface area (Å²) >= 11 is 7.21. The molecule has 2 aromatic rings. The van der Waals surface area contributed by atoms with Crippen molar-refractivity contribution < 1.29 is 19.3 Å². The molecule has 0 radical (unpaired) electrons. The van der Waals surface area contributed by atoms with Gasteiger partial charge in [-0.15, -0.1) is 0 Å². The lowest BCUT2D eigenvalue weighted by Crippen LogP contribution is -2.28. The van der Waals surface area contributed by atoms with E-state index in [4.69, 9.17) is 16.7 Å². The molecule has 0 saturated heterocycles. The van der Waals surface area contributed by atoms with E-state index < -0.39 is 5.97 Å². The number of allylic oxidation sites excluding steroid dienone is 8. The van der Waals surface area contributed by atoms with Crippen LogP contribution in [-0.4, -0.2) is 40.7 Å². The van der Waals surface area contributed by atoms with E-state index in [1.165, 1.54) is 45.1 Å². The molecule has 2 aromatic carbocycles. The summed E-state index contributed by atoms with van der Waals surface area (Å²) in [5, 5.41) is 9.92. The minimum Gasteiger partial charge on any atom is -0.481 e. The maximum atomic E-state index is 11.0. The maximum absolute atomic E-state index is 11.0. The second-order valence-electron chi connectivity index (χ2n) is 14.5. The molecule has 0 saturated carbocycles. The van der Waals surface area contributed by atoms with Gasteiger partial charge in [0.1, 0.15) is 12.8 Å². The molecule has 1 N–H and O–H groups in total. The number of carboxylic acids is 1. The number of halogens is 1. The predicted molar refractivity (Wildman–Crippen MR) is 199 cm³/mol. The Bertz CT molecular complexity index is 1670. The largest absolute Gasteiger partial charge is 0.481 e. The molecule has 2 aliphatic heterocycles. The first-order valence-corrected chi connectivity index (χ1v) is 18.2. The number of nitrogens with zero attached hydrogens (tertiary/aromatic N) is 2. The SMILES string of the molecule is CC1(C)C(/C=C/C2=C(Cl)C(=C/C=C3\N(CCCCCC=O)c4ccccc4C3(C)C)/CCC2)=[N+](CCCCCC(=O)O)c2ccccc21. The lowest BCUT2D eigenvalue weighted by atomic mass is 9.81. The fraction of sp³-hybridized carbons (Fsp3) is 0.452. The quantitative estimate of drug-likeness (QED) is 0.117. The van der Waals surface area contributed by atoms with Crippen LogP contribution in [0.2, 0.25) is 0 Å². The van der Waals surface area contributed by atoms with E-state index in [-0.39, 0.29) is 17.3 Å². The van der Waals surface area contributed by atoms with E-state index >= 15 is 0 Å².